The zero-order valence-corrected chi connectivity index (χ0v) is 19.9. The van der Waals surface area contributed by atoms with E-state index in [1.807, 2.05) is 30.3 Å². The average Bonchev–Trinajstić information content (AvgIpc) is 3.27. The predicted molar refractivity (Wildman–Crippen MR) is 126 cm³/mol. The number of nitrogens with zero attached hydrogens (tertiary/aromatic N) is 3. The number of fused-ring (bicyclic) bond motifs is 1. The number of rotatable bonds is 7. The second-order valence-corrected chi connectivity index (χ2v) is 11.0. The molecule has 0 aromatic heterocycles. The van der Waals surface area contributed by atoms with Gasteiger partial charge in [0, 0.05) is 38.8 Å². The molecule has 6 nitrogen and oxygen atoms in total. The Morgan fingerprint density at radius 1 is 0.969 bits per heavy atom. The van der Waals surface area contributed by atoms with Gasteiger partial charge in [-0.1, -0.05) is 36.4 Å². The number of hydrogen-bond donors (Lipinski definition) is 0. The van der Waals surface area contributed by atoms with Crippen LogP contribution in [0.2, 0.25) is 0 Å². The van der Waals surface area contributed by atoms with Crippen molar-refractivity contribution < 1.29 is 13.2 Å². The molecule has 0 unspecified atom stereocenters. The number of hydrogen-bond acceptors (Lipinski definition) is 4. The fraction of sp³-hybridized carbons (Fsp3) is 0.480. The van der Waals surface area contributed by atoms with Gasteiger partial charge in [0.1, 0.15) is 0 Å². The quantitative estimate of drug-likeness (QED) is 0.644. The van der Waals surface area contributed by atoms with E-state index in [1.54, 1.807) is 11.0 Å². The fourth-order valence-electron chi connectivity index (χ4n) is 4.55. The Morgan fingerprint density at radius 2 is 1.66 bits per heavy atom. The van der Waals surface area contributed by atoms with E-state index in [-0.39, 0.29) is 11.9 Å². The molecule has 0 saturated carbocycles. The van der Waals surface area contributed by atoms with Crippen molar-refractivity contribution in [3.8, 4) is 0 Å². The topological polar surface area (TPSA) is 60.9 Å². The van der Waals surface area contributed by atoms with Crippen LogP contribution in [0.5, 0.6) is 0 Å². The van der Waals surface area contributed by atoms with Gasteiger partial charge in [-0.15, -0.1) is 0 Å². The minimum Gasteiger partial charge on any atom is -0.339 e. The van der Waals surface area contributed by atoms with Gasteiger partial charge in [-0.05, 0) is 61.9 Å². The Balaban J connectivity index is 1.35. The minimum atomic E-state index is -3.52. The third kappa shape index (κ3) is 5.05. The first-order valence-corrected chi connectivity index (χ1v) is 13.0. The van der Waals surface area contributed by atoms with Crippen LogP contribution in [0.1, 0.15) is 37.0 Å². The highest BCUT2D eigenvalue weighted by Crippen LogP contribution is 2.26. The van der Waals surface area contributed by atoms with Crippen LogP contribution in [0.3, 0.4) is 0 Å². The second kappa shape index (κ2) is 9.73. The van der Waals surface area contributed by atoms with Crippen molar-refractivity contribution in [2.45, 2.75) is 50.6 Å². The standard InChI is InChI=1S/C25H33N3O3S/c1-20(2)27(18-21-7-4-3-5-8-21)19-25(29)26-13-15-28(16-14-26)32(30,31)24-12-11-22-9-6-10-23(22)17-24/h3-5,7-8,11-12,17,20H,6,9-10,13-16,18-19H2,1-2H3. The summed E-state index contributed by atoms with van der Waals surface area (Å²) in [5.41, 5.74) is 3.61. The molecule has 0 radical (unpaired) electrons. The lowest BCUT2D eigenvalue weighted by molar-refractivity contribution is -0.134. The van der Waals surface area contributed by atoms with E-state index in [9.17, 15) is 13.2 Å². The van der Waals surface area contributed by atoms with Crippen molar-refractivity contribution in [2.24, 2.45) is 0 Å². The zero-order chi connectivity index (χ0) is 22.7. The Morgan fingerprint density at radius 3 is 2.34 bits per heavy atom. The van der Waals surface area contributed by atoms with Crippen molar-refractivity contribution in [1.82, 2.24) is 14.1 Å². The molecule has 0 spiro atoms. The molecule has 1 amide bonds. The monoisotopic (exact) mass is 455 g/mol. The van der Waals surface area contributed by atoms with E-state index >= 15 is 0 Å². The lowest BCUT2D eigenvalue weighted by atomic mass is 10.1. The molecule has 2 aromatic rings. The summed E-state index contributed by atoms with van der Waals surface area (Å²) in [6, 6.07) is 15.9. The van der Waals surface area contributed by atoms with Gasteiger partial charge in [0.2, 0.25) is 15.9 Å². The maximum absolute atomic E-state index is 13.1. The van der Waals surface area contributed by atoms with Crippen molar-refractivity contribution in [3.63, 3.8) is 0 Å². The van der Waals surface area contributed by atoms with E-state index < -0.39 is 10.0 Å². The van der Waals surface area contributed by atoms with Crippen molar-refractivity contribution >= 4 is 15.9 Å². The Kier molecular flexibility index (Phi) is 6.98. The van der Waals surface area contributed by atoms with Crippen LogP contribution in [0.25, 0.3) is 0 Å². The number of piperazine rings is 1. The summed E-state index contributed by atoms with van der Waals surface area (Å²) in [4.78, 5) is 17.3. The number of sulfonamides is 1. The highest BCUT2D eigenvalue weighted by Gasteiger charge is 2.31. The normalized spacial score (nSPS) is 17.2. The Hall–Kier alpha value is -2.22. The van der Waals surface area contributed by atoms with Gasteiger partial charge in [-0.2, -0.15) is 4.31 Å². The van der Waals surface area contributed by atoms with E-state index in [0.717, 1.165) is 31.4 Å². The Bertz CT molecular complexity index is 1050. The summed E-state index contributed by atoms with van der Waals surface area (Å²) < 4.78 is 27.8. The SMILES string of the molecule is CC(C)N(CC(=O)N1CCN(S(=O)(=O)c2ccc3c(c2)CCC3)CC1)Cc1ccccc1. The van der Waals surface area contributed by atoms with Gasteiger partial charge >= 0.3 is 0 Å². The highest BCUT2D eigenvalue weighted by atomic mass is 32.2. The molecule has 1 aliphatic carbocycles. The summed E-state index contributed by atoms with van der Waals surface area (Å²) in [7, 11) is -3.52. The molecule has 7 heteroatoms. The molecule has 0 atom stereocenters. The van der Waals surface area contributed by atoms with Gasteiger partial charge < -0.3 is 4.90 Å². The summed E-state index contributed by atoms with van der Waals surface area (Å²) in [5, 5.41) is 0. The van der Waals surface area contributed by atoms with E-state index in [1.165, 1.54) is 15.4 Å². The molecule has 4 rings (SSSR count). The van der Waals surface area contributed by atoms with Crippen LogP contribution in [0, 0.1) is 0 Å². The van der Waals surface area contributed by atoms with Crippen molar-refractivity contribution in [3.05, 3.63) is 65.2 Å². The van der Waals surface area contributed by atoms with Crippen LogP contribution >= 0.6 is 0 Å². The molecule has 2 aromatic carbocycles. The molecule has 0 bridgehead atoms. The molecular weight excluding hydrogens is 422 g/mol. The predicted octanol–water partition coefficient (Wildman–Crippen LogP) is 2.92. The third-order valence-electron chi connectivity index (χ3n) is 6.60. The van der Waals surface area contributed by atoms with Gasteiger partial charge in [-0.25, -0.2) is 8.42 Å². The van der Waals surface area contributed by atoms with Gasteiger partial charge in [0.05, 0.1) is 11.4 Å². The third-order valence-corrected chi connectivity index (χ3v) is 8.49. The summed E-state index contributed by atoms with van der Waals surface area (Å²) in [5.74, 6) is 0.0595. The van der Waals surface area contributed by atoms with E-state index in [2.05, 4.69) is 30.9 Å². The molecule has 1 fully saturated rings. The van der Waals surface area contributed by atoms with Crippen LogP contribution in [0.15, 0.2) is 53.4 Å². The molecule has 1 saturated heterocycles. The molecular formula is C25H33N3O3S. The molecule has 1 aliphatic heterocycles. The van der Waals surface area contributed by atoms with Gasteiger partial charge in [0.25, 0.3) is 0 Å². The lowest BCUT2D eigenvalue weighted by Gasteiger charge is -2.36. The molecule has 32 heavy (non-hydrogen) atoms. The number of amides is 1. The van der Waals surface area contributed by atoms with Gasteiger partial charge in [-0.3, -0.25) is 9.69 Å². The fourth-order valence-corrected chi connectivity index (χ4v) is 6.02. The molecule has 172 valence electrons. The largest absolute Gasteiger partial charge is 0.339 e. The van der Waals surface area contributed by atoms with Crippen LogP contribution in [0.4, 0.5) is 0 Å². The van der Waals surface area contributed by atoms with Crippen LogP contribution in [-0.2, 0) is 34.2 Å². The summed E-state index contributed by atoms with van der Waals surface area (Å²) in [6.45, 7) is 6.79. The number of carbonyl (C=O) groups excluding carboxylic acids is 1. The zero-order valence-electron chi connectivity index (χ0n) is 19.0. The van der Waals surface area contributed by atoms with Crippen LogP contribution in [-0.4, -0.2) is 67.2 Å². The van der Waals surface area contributed by atoms with Crippen molar-refractivity contribution in [2.75, 3.05) is 32.7 Å². The van der Waals surface area contributed by atoms with E-state index in [4.69, 9.17) is 0 Å². The van der Waals surface area contributed by atoms with Gasteiger partial charge in [0.15, 0.2) is 0 Å². The maximum Gasteiger partial charge on any atom is 0.243 e. The molecule has 0 N–H and O–H groups in total. The number of benzene rings is 2. The Labute approximate surface area is 191 Å². The van der Waals surface area contributed by atoms with Crippen molar-refractivity contribution in [1.29, 1.82) is 0 Å². The lowest BCUT2D eigenvalue weighted by Crippen LogP contribution is -2.53. The smallest absolute Gasteiger partial charge is 0.243 e. The second-order valence-electron chi connectivity index (χ2n) is 9.05. The summed E-state index contributed by atoms with van der Waals surface area (Å²) >= 11 is 0. The minimum absolute atomic E-state index is 0.0595. The maximum atomic E-state index is 13.1. The van der Waals surface area contributed by atoms with E-state index in [0.29, 0.717) is 37.6 Å². The summed E-state index contributed by atoms with van der Waals surface area (Å²) in [6.07, 6.45) is 3.09. The molecule has 1 heterocycles. The van der Waals surface area contributed by atoms with Crippen LogP contribution < -0.4 is 0 Å². The average molecular weight is 456 g/mol. The number of aryl methyl sites for hydroxylation is 2. The highest BCUT2D eigenvalue weighted by molar-refractivity contribution is 7.89. The first-order valence-electron chi connectivity index (χ1n) is 11.5. The molecule has 2 aliphatic rings. The first-order chi connectivity index (χ1) is 15.3. The number of carbonyl (C=O) groups is 1. The first kappa shape index (κ1) is 23.0.